The van der Waals surface area contributed by atoms with Crippen molar-refractivity contribution in [3.8, 4) is 0 Å². The number of methoxy groups -OCH3 is 1. The largest absolute Gasteiger partial charge is 0.464 e. The fraction of sp³-hybridized carbons (Fsp3) is 0.500. The number of hydrogen-bond acceptors (Lipinski definition) is 4. The van der Waals surface area contributed by atoms with Gasteiger partial charge in [-0.2, -0.15) is 0 Å². The van der Waals surface area contributed by atoms with Gasteiger partial charge in [0.05, 0.1) is 13.4 Å². The molecule has 1 aromatic carbocycles. The van der Waals surface area contributed by atoms with Crippen LogP contribution in [0.2, 0.25) is 18.1 Å². The highest BCUT2D eigenvalue weighted by Gasteiger charge is 2.39. The SMILES string of the molecule is COC(=O)c1cn(C(CCCn2cc(C)c3ccccc32)O[Si](C)(C)C(C)(C)C)cn1. The van der Waals surface area contributed by atoms with Gasteiger partial charge in [-0.25, -0.2) is 9.78 Å². The summed E-state index contributed by atoms with van der Waals surface area (Å²) in [4.78, 5) is 16.1. The average Bonchev–Trinajstić information content (AvgIpc) is 3.32. The van der Waals surface area contributed by atoms with Gasteiger partial charge < -0.3 is 18.3 Å². The van der Waals surface area contributed by atoms with Crippen molar-refractivity contribution in [2.75, 3.05) is 7.11 Å². The third-order valence-corrected chi connectivity index (χ3v) is 10.9. The molecule has 6 nitrogen and oxygen atoms in total. The zero-order chi connectivity index (χ0) is 22.8. The molecule has 31 heavy (non-hydrogen) atoms. The van der Waals surface area contributed by atoms with E-state index in [2.05, 4.69) is 80.8 Å². The smallest absolute Gasteiger partial charge is 0.358 e. The van der Waals surface area contributed by atoms with E-state index < -0.39 is 14.3 Å². The Morgan fingerprint density at radius 2 is 1.90 bits per heavy atom. The third-order valence-electron chi connectivity index (χ3n) is 6.40. The van der Waals surface area contributed by atoms with Crippen molar-refractivity contribution in [1.82, 2.24) is 14.1 Å². The fourth-order valence-electron chi connectivity index (χ4n) is 3.54. The first-order valence-corrected chi connectivity index (χ1v) is 13.8. The van der Waals surface area contributed by atoms with Crippen molar-refractivity contribution in [3.63, 3.8) is 0 Å². The summed E-state index contributed by atoms with van der Waals surface area (Å²) >= 11 is 0. The molecule has 3 aromatic rings. The van der Waals surface area contributed by atoms with E-state index in [-0.39, 0.29) is 11.3 Å². The monoisotopic (exact) mass is 441 g/mol. The quantitative estimate of drug-likeness (QED) is 0.321. The molecule has 0 fully saturated rings. The lowest BCUT2D eigenvalue weighted by atomic mass is 10.2. The molecule has 0 spiro atoms. The van der Waals surface area contributed by atoms with Crippen LogP contribution in [0.5, 0.6) is 0 Å². The van der Waals surface area contributed by atoms with Crippen LogP contribution in [-0.4, -0.2) is 35.5 Å². The van der Waals surface area contributed by atoms with Gasteiger partial charge in [0.1, 0.15) is 6.23 Å². The van der Waals surface area contributed by atoms with Gasteiger partial charge in [-0.3, -0.25) is 0 Å². The van der Waals surface area contributed by atoms with Gasteiger partial charge in [-0.05, 0) is 49.5 Å². The summed E-state index contributed by atoms with van der Waals surface area (Å²) in [6, 6.07) is 8.51. The minimum atomic E-state index is -2.02. The molecular formula is C24H35N3O3Si. The summed E-state index contributed by atoms with van der Waals surface area (Å²) in [5, 5.41) is 1.39. The Kier molecular flexibility index (Phi) is 6.76. The van der Waals surface area contributed by atoms with Gasteiger partial charge in [0.15, 0.2) is 14.0 Å². The van der Waals surface area contributed by atoms with E-state index in [1.807, 2.05) is 4.57 Å². The highest BCUT2D eigenvalue weighted by Crippen LogP contribution is 2.39. The van der Waals surface area contributed by atoms with Crippen LogP contribution >= 0.6 is 0 Å². The van der Waals surface area contributed by atoms with E-state index in [1.165, 1.54) is 23.6 Å². The van der Waals surface area contributed by atoms with Crippen molar-refractivity contribution >= 4 is 25.2 Å². The second kappa shape index (κ2) is 9.00. The fourth-order valence-corrected chi connectivity index (χ4v) is 4.81. The Labute approximate surface area is 186 Å². The number of benzene rings is 1. The summed E-state index contributed by atoms with van der Waals surface area (Å²) in [6.07, 6.45) is 7.24. The second-order valence-corrected chi connectivity index (χ2v) is 14.5. The lowest BCUT2D eigenvalue weighted by Crippen LogP contribution is -2.42. The first kappa shape index (κ1) is 23.3. The Balaban J connectivity index is 1.79. The van der Waals surface area contributed by atoms with Gasteiger partial charge in [0, 0.05) is 29.8 Å². The molecular weight excluding hydrogens is 406 g/mol. The van der Waals surface area contributed by atoms with Crippen LogP contribution in [0.15, 0.2) is 43.0 Å². The van der Waals surface area contributed by atoms with E-state index in [0.29, 0.717) is 5.69 Å². The molecule has 168 valence electrons. The van der Waals surface area contributed by atoms with Crippen molar-refractivity contribution in [2.45, 2.75) is 71.4 Å². The van der Waals surface area contributed by atoms with Crippen LogP contribution in [0.25, 0.3) is 10.9 Å². The number of rotatable bonds is 8. The number of fused-ring (bicyclic) bond motifs is 1. The maximum atomic E-state index is 11.9. The van der Waals surface area contributed by atoms with Crippen LogP contribution < -0.4 is 0 Å². The molecule has 0 N–H and O–H groups in total. The lowest BCUT2D eigenvalue weighted by molar-refractivity contribution is 0.0593. The molecule has 1 atom stereocenters. The van der Waals surface area contributed by atoms with Crippen molar-refractivity contribution < 1.29 is 14.0 Å². The Hall–Kier alpha value is -2.38. The van der Waals surface area contributed by atoms with E-state index in [1.54, 1.807) is 12.5 Å². The number of esters is 1. The van der Waals surface area contributed by atoms with Gasteiger partial charge >= 0.3 is 5.97 Å². The minimum Gasteiger partial charge on any atom is -0.464 e. The summed E-state index contributed by atoms with van der Waals surface area (Å²) in [6.45, 7) is 14.3. The second-order valence-electron chi connectivity index (χ2n) is 9.70. The van der Waals surface area contributed by atoms with E-state index >= 15 is 0 Å². The van der Waals surface area contributed by atoms with Crippen LogP contribution in [-0.2, 0) is 15.7 Å². The molecule has 0 bridgehead atoms. The molecule has 7 heteroatoms. The molecule has 0 saturated heterocycles. The lowest BCUT2D eigenvalue weighted by Gasteiger charge is -2.39. The van der Waals surface area contributed by atoms with Crippen LogP contribution in [0.1, 0.15) is 55.9 Å². The highest BCUT2D eigenvalue weighted by molar-refractivity contribution is 6.74. The molecule has 0 radical (unpaired) electrons. The average molecular weight is 442 g/mol. The molecule has 0 saturated carbocycles. The van der Waals surface area contributed by atoms with Crippen LogP contribution in [0.3, 0.4) is 0 Å². The molecule has 0 aliphatic heterocycles. The third kappa shape index (κ3) is 5.10. The summed E-state index contributed by atoms with van der Waals surface area (Å²) < 4.78 is 15.8. The number of aromatic nitrogens is 3. The number of ether oxygens (including phenoxy) is 1. The van der Waals surface area contributed by atoms with Gasteiger partial charge in [0.2, 0.25) is 0 Å². The van der Waals surface area contributed by atoms with Gasteiger partial charge in [0.25, 0.3) is 0 Å². The molecule has 0 aliphatic carbocycles. The molecule has 0 aliphatic rings. The first-order chi connectivity index (χ1) is 14.5. The predicted molar refractivity (Wildman–Crippen MR) is 127 cm³/mol. The molecule has 1 unspecified atom stereocenters. The normalized spacial score (nSPS) is 13.5. The minimum absolute atomic E-state index is 0.0880. The van der Waals surface area contributed by atoms with Crippen LogP contribution in [0.4, 0.5) is 0 Å². The number of imidazole rings is 1. The maximum absolute atomic E-state index is 11.9. The Morgan fingerprint density at radius 3 is 2.58 bits per heavy atom. The Bertz CT molecular complexity index is 1050. The molecule has 2 heterocycles. The zero-order valence-electron chi connectivity index (χ0n) is 19.8. The number of hydrogen-bond donors (Lipinski definition) is 0. The van der Waals surface area contributed by atoms with Crippen molar-refractivity contribution in [2.24, 2.45) is 0 Å². The Morgan fingerprint density at radius 1 is 1.19 bits per heavy atom. The van der Waals surface area contributed by atoms with E-state index in [4.69, 9.17) is 9.16 Å². The summed E-state index contributed by atoms with van der Waals surface area (Å²) in [5.74, 6) is -0.431. The van der Waals surface area contributed by atoms with E-state index in [0.717, 1.165) is 19.4 Å². The highest BCUT2D eigenvalue weighted by atomic mass is 28.4. The number of nitrogens with zero attached hydrogens (tertiary/aromatic N) is 3. The number of aryl methyl sites for hydroxylation is 2. The van der Waals surface area contributed by atoms with Crippen molar-refractivity contribution in [3.05, 3.63) is 54.2 Å². The maximum Gasteiger partial charge on any atom is 0.358 e. The molecule has 0 amide bonds. The van der Waals surface area contributed by atoms with Crippen molar-refractivity contribution in [1.29, 1.82) is 0 Å². The predicted octanol–water partition coefficient (Wildman–Crippen LogP) is 5.93. The van der Waals surface area contributed by atoms with Gasteiger partial charge in [-0.1, -0.05) is 39.0 Å². The first-order valence-electron chi connectivity index (χ1n) is 10.9. The standard InChI is InChI=1S/C24H35N3O3Si/c1-18-15-26(21-12-9-8-11-19(18)21)14-10-13-22(30-31(6,7)24(2,3)4)27-16-20(25-17-27)23(28)29-5/h8-9,11-12,15-17,22H,10,13-14H2,1-7H3. The van der Waals surface area contributed by atoms with Crippen LogP contribution in [0, 0.1) is 6.92 Å². The summed E-state index contributed by atoms with van der Waals surface area (Å²) in [5.41, 5.74) is 2.86. The zero-order valence-corrected chi connectivity index (χ0v) is 20.8. The molecule has 2 aromatic heterocycles. The molecule has 3 rings (SSSR count). The van der Waals surface area contributed by atoms with Gasteiger partial charge in [-0.15, -0.1) is 0 Å². The number of carbonyl (C=O) groups is 1. The number of carbonyl (C=O) groups excluding carboxylic acids is 1. The van der Waals surface area contributed by atoms with E-state index in [9.17, 15) is 4.79 Å². The summed E-state index contributed by atoms with van der Waals surface area (Å²) in [7, 11) is -0.648. The topological polar surface area (TPSA) is 58.3 Å². The number of para-hydroxylation sites is 1.